The van der Waals surface area contributed by atoms with E-state index in [9.17, 15) is 18.0 Å². The molecule has 0 radical (unpaired) electrons. The zero-order chi connectivity index (χ0) is 13.3. The minimum Gasteiger partial charge on any atom is -0.266 e. The fraction of sp³-hybridized carbons (Fsp3) is 0.273. The first-order valence-corrected chi connectivity index (χ1v) is 7.24. The summed E-state index contributed by atoms with van der Waals surface area (Å²) in [6.07, 6.45) is 1.05. The summed E-state index contributed by atoms with van der Waals surface area (Å²) in [5.41, 5.74) is 0.531. The number of imide groups is 1. The summed E-state index contributed by atoms with van der Waals surface area (Å²) in [6, 6.07) is 6.33. The van der Waals surface area contributed by atoms with Crippen LogP contribution >= 0.6 is 0 Å². The lowest BCUT2D eigenvalue weighted by molar-refractivity contribution is -0.0855. The van der Waals surface area contributed by atoms with Crippen LogP contribution in [0.25, 0.3) is 0 Å². The zero-order valence-electron chi connectivity index (χ0n) is 9.62. The molecule has 1 aromatic carbocycles. The van der Waals surface area contributed by atoms with Gasteiger partial charge in [-0.2, -0.15) is 0 Å². The highest BCUT2D eigenvalue weighted by atomic mass is 32.2. The minimum atomic E-state index is -3.19. The molecule has 0 aliphatic carbocycles. The van der Waals surface area contributed by atoms with Crippen LogP contribution in [0, 0.1) is 0 Å². The van der Waals surface area contributed by atoms with Crippen molar-refractivity contribution < 1.29 is 22.8 Å². The highest BCUT2D eigenvalue weighted by Gasteiger charge is 2.36. The van der Waals surface area contributed by atoms with Gasteiger partial charge in [-0.3, -0.25) is 14.4 Å². The molecule has 0 spiro atoms. The minimum absolute atomic E-state index is 0.232. The standard InChI is InChI=1S/C11H11NO5S/c1-18(15,16)7-6-17-12-10(13)8-4-2-3-5-9(8)11(12)14/h2-5H,6-7H2,1H3. The van der Waals surface area contributed by atoms with E-state index in [2.05, 4.69) is 0 Å². The molecule has 1 heterocycles. The Kier molecular flexibility index (Phi) is 3.18. The summed E-state index contributed by atoms with van der Waals surface area (Å²) in [6.45, 7) is -0.232. The van der Waals surface area contributed by atoms with Gasteiger partial charge in [0.05, 0.1) is 23.5 Å². The normalized spacial score (nSPS) is 15.1. The summed E-state index contributed by atoms with van der Waals surface area (Å²) in [4.78, 5) is 28.5. The van der Waals surface area contributed by atoms with Crippen molar-refractivity contribution in [1.82, 2.24) is 5.06 Å². The van der Waals surface area contributed by atoms with Crippen LogP contribution < -0.4 is 0 Å². The molecule has 1 aliphatic rings. The number of carbonyl (C=O) groups is 2. The second-order valence-corrected chi connectivity index (χ2v) is 6.17. The maximum atomic E-state index is 11.8. The Morgan fingerprint density at radius 2 is 1.61 bits per heavy atom. The first-order valence-electron chi connectivity index (χ1n) is 5.18. The fourth-order valence-corrected chi connectivity index (χ4v) is 1.94. The average molecular weight is 269 g/mol. The van der Waals surface area contributed by atoms with Gasteiger partial charge in [-0.1, -0.05) is 12.1 Å². The van der Waals surface area contributed by atoms with E-state index in [0.29, 0.717) is 5.06 Å². The molecule has 0 N–H and O–H groups in total. The number of hydrogen-bond donors (Lipinski definition) is 0. The molecule has 1 aromatic rings. The van der Waals surface area contributed by atoms with E-state index in [1.165, 1.54) is 12.1 Å². The first kappa shape index (κ1) is 12.7. The van der Waals surface area contributed by atoms with Crippen LogP contribution in [0.15, 0.2) is 24.3 Å². The van der Waals surface area contributed by atoms with Crippen molar-refractivity contribution in [3.8, 4) is 0 Å². The lowest BCUT2D eigenvalue weighted by Crippen LogP contribution is -2.31. The molecule has 6 nitrogen and oxygen atoms in total. The zero-order valence-corrected chi connectivity index (χ0v) is 10.4. The van der Waals surface area contributed by atoms with Gasteiger partial charge in [-0.15, -0.1) is 5.06 Å². The Morgan fingerprint density at radius 3 is 2.06 bits per heavy atom. The number of carbonyl (C=O) groups excluding carboxylic acids is 2. The summed E-state index contributed by atoms with van der Waals surface area (Å²) >= 11 is 0. The molecule has 0 unspecified atom stereocenters. The van der Waals surface area contributed by atoms with E-state index >= 15 is 0 Å². The molecule has 1 aliphatic heterocycles. The Balaban J connectivity index is 2.10. The third-order valence-corrected chi connectivity index (χ3v) is 3.34. The van der Waals surface area contributed by atoms with Gasteiger partial charge >= 0.3 is 0 Å². The van der Waals surface area contributed by atoms with Crippen molar-refractivity contribution in [3.05, 3.63) is 35.4 Å². The van der Waals surface area contributed by atoms with Gasteiger partial charge in [0.1, 0.15) is 9.84 Å². The number of nitrogens with zero attached hydrogens (tertiary/aromatic N) is 1. The Labute approximate surface area is 104 Å². The molecule has 96 valence electrons. The highest BCUT2D eigenvalue weighted by Crippen LogP contribution is 2.22. The molecule has 0 bridgehead atoms. The van der Waals surface area contributed by atoms with Gasteiger partial charge in [0.25, 0.3) is 11.8 Å². The van der Waals surface area contributed by atoms with Crippen molar-refractivity contribution in [2.24, 2.45) is 0 Å². The summed E-state index contributed by atoms with van der Waals surface area (Å²) < 4.78 is 21.8. The van der Waals surface area contributed by atoms with Crippen LogP contribution in [0.2, 0.25) is 0 Å². The molecule has 7 heteroatoms. The number of benzene rings is 1. The van der Waals surface area contributed by atoms with Gasteiger partial charge in [-0.05, 0) is 12.1 Å². The van der Waals surface area contributed by atoms with Gasteiger partial charge in [0.2, 0.25) is 0 Å². The predicted molar refractivity (Wildman–Crippen MR) is 62.6 cm³/mol. The number of fused-ring (bicyclic) bond motifs is 1. The fourth-order valence-electron chi connectivity index (χ4n) is 1.56. The number of amides is 2. The van der Waals surface area contributed by atoms with E-state index in [1.807, 2.05) is 0 Å². The molecule has 2 amide bonds. The lowest BCUT2D eigenvalue weighted by Gasteiger charge is -2.12. The second-order valence-electron chi connectivity index (χ2n) is 3.91. The van der Waals surface area contributed by atoms with Crippen LogP contribution in [0.3, 0.4) is 0 Å². The van der Waals surface area contributed by atoms with E-state index in [1.54, 1.807) is 12.1 Å². The summed E-state index contributed by atoms with van der Waals surface area (Å²) in [7, 11) is -3.19. The van der Waals surface area contributed by atoms with Gasteiger partial charge < -0.3 is 0 Å². The predicted octanol–water partition coefficient (Wildman–Crippen LogP) is 0.259. The van der Waals surface area contributed by atoms with Crippen LogP contribution in [0.1, 0.15) is 20.7 Å². The first-order chi connectivity index (χ1) is 8.40. The highest BCUT2D eigenvalue weighted by molar-refractivity contribution is 7.90. The molecular weight excluding hydrogens is 258 g/mol. The molecule has 0 aromatic heterocycles. The van der Waals surface area contributed by atoms with Crippen molar-refractivity contribution in [2.45, 2.75) is 0 Å². The largest absolute Gasteiger partial charge is 0.285 e. The smallest absolute Gasteiger partial charge is 0.266 e. The van der Waals surface area contributed by atoms with E-state index in [0.717, 1.165) is 6.26 Å². The molecule has 0 saturated carbocycles. The van der Waals surface area contributed by atoms with E-state index < -0.39 is 21.7 Å². The van der Waals surface area contributed by atoms with Crippen molar-refractivity contribution in [1.29, 1.82) is 0 Å². The number of rotatable bonds is 4. The van der Waals surface area contributed by atoms with Gasteiger partial charge in [-0.25, -0.2) is 8.42 Å². The molecule has 0 atom stereocenters. The van der Waals surface area contributed by atoms with Crippen molar-refractivity contribution in [3.63, 3.8) is 0 Å². The van der Waals surface area contributed by atoms with E-state index in [4.69, 9.17) is 4.84 Å². The maximum absolute atomic E-state index is 11.8. The molecule has 0 fully saturated rings. The molecule has 0 saturated heterocycles. The number of sulfone groups is 1. The molecule has 18 heavy (non-hydrogen) atoms. The van der Waals surface area contributed by atoms with Crippen LogP contribution in [0.5, 0.6) is 0 Å². The van der Waals surface area contributed by atoms with Crippen LogP contribution in [-0.4, -0.2) is 43.9 Å². The van der Waals surface area contributed by atoms with Crippen molar-refractivity contribution >= 4 is 21.7 Å². The summed E-state index contributed by atoms with van der Waals surface area (Å²) in [5.74, 6) is -1.38. The lowest BCUT2D eigenvalue weighted by atomic mass is 10.1. The Hall–Kier alpha value is -1.73. The molecular formula is C11H11NO5S. The maximum Gasteiger partial charge on any atom is 0.285 e. The SMILES string of the molecule is CS(=O)(=O)CCON1C(=O)c2ccccc2C1=O. The Morgan fingerprint density at radius 1 is 1.11 bits per heavy atom. The second kappa shape index (κ2) is 4.51. The topological polar surface area (TPSA) is 80.8 Å². The van der Waals surface area contributed by atoms with E-state index in [-0.39, 0.29) is 23.5 Å². The summed E-state index contributed by atoms with van der Waals surface area (Å²) in [5, 5.41) is 0.607. The Bertz CT molecular complexity index is 573. The number of hydrogen-bond acceptors (Lipinski definition) is 5. The number of hydroxylamine groups is 2. The molecule has 2 rings (SSSR count). The van der Waals surface area contributed by atoms with Crippen molar-refractivity contribution in [2.75, 3.05) is 18.6 Å². The quantitative estimate of drug-likeness (QED) is 0.732. The average Bonchev–Trinajstić information content (AvgIpc) is 2.53. The monoisotopic (exact) mass is 269 g/mol. The van der Waals surface area contributed by atoms with Crippen LogP contribution in [-0.2, 0) is 14.7 Å². The van der Waals surface area contributed by atoms with Crippen LogP contribution in [0.4, 0.5) is 0 Å². The van der Waals surface area contributed by atoms with Gasteiger partial charge in [0, 0.05) is 6.26 Å². The van der Waals surface area contributed by atoms with Gasteiger partial charge in [0.15, 0.2) is 0 Å². The third-order valence-electron chi connectivity index (χ3n) is 2.43. The third kappa shape index (κ3) is 2.41.